The molecule has 0 N–H and O–H groups in total. The zero-order valence-electron chi connectivity index (χ0n) is 14.9. The minimum absolute atomic E-state index is 0.0283. The van der Waals surface area contributed by atoms with Gasteiger partial charge in [0, 0.05) is 32.3 Å². The third-order valence-electron chi connectivity index (χ3n) is 3.74. The van der Waals surface area contributed by atoms with E-state index in [4.69, 9.17) is 4.74 Å². The van der Waals surface area contributed by atoms with E-state index in [1.165, 1.54) is 5.56 Å². The summed E-state index contributed by atoms with van der Waals surface area (Å²) in [5, 5.41) is 0. The fourth-order valence-electron chi connectivity index (χ4n) is 2.39. The number of hydrogen-bond acceptors (Lipinski definition) is 3. The molecule has 0 spiro atoms. The molecule has 0 radical (unpaired) electrons. The lowest BCUT2D eigenvalue weighted by molar-refractivity contribution is -0.127. The van der Waals surface area contributed by atoms with E-state index < -0.39 is 5.60 Å². The SMILES string of the molecule is Cc1ccc(/C=C/C(=O)N2CCN(C(=O)OC(C)(C)C)CC2)cc1. The number of amides is 2. The van der Waals surface area contributed by atoms with Crippen LogP contribution < -0.4 is 0 Å². The van der Waals surface area contributed by atoms with Gasteiger partial charge in [0.2, 0.25) is 5.91 Å². The quantitative estimate of drug-likeness (QED) is 0.783. The fourth-order valence-corrected chi connectivity index (χ4v) is 2.39. The van der Waals surface area contributed by atoms with Crippen molar-refractivity contribution >= 4 is 18.1 Å². The summed E-state index contributed by atoms with van der Waals surface area (Å²) < 4.78 is 5.36. The average molecular weight is 330 g/mol. The Hall–Kier alpha value is -2.30. The van der Waals surface area contributed by atoms with Crippen molar-refractivity contribution < 1.29 is 14.3 Å². The van der Waals surface area contributed by atoms with Crippen molar-refractivity contribution in [2.45, 2.75) is 33.3 Å². The van der Waals surface area contributed by atoms with E-state index >= 15 is 0 Å². The molecule has 24 heavy (non-hydrogen) atoms. The van der Waals surface area contributed by atoms with Crippen molar-refractivity contribution in [3.8, 4) is 0 Å². The number of rotatable bonds is 2. The highest BCUT2D eigenvalue weighted by molar-refractivity contribution is 5.92. The lowest BCUT2D eigenvalue weighted by atomic mass is 10.1. The molecule has 0 aromatic heterocycles. The molecular weight excluding hydrogens is 304 g/mol. The Morgan fingerprint density at radius 3 is 2.08 bits per heavy atom. The molecule has 1 aliphatic heterocycles. The highest BCUT2D eigenvalue weighted by atomic mass is 16.6. The van der Waals surface area contributed by atoms with Crippen LogP contribution in [-0.2, 0) is 9.53 Å². The molecule has 5 heteroatoms. The van der Waals surface area contributed by atoms with E-state index in [9.17, 15) is 9.59 Å². The summed E-state index contributed by atoms with van der Waals surface area (Å²) in [4.78, 5) is 27.7. The zero-order valence-corrected chi connectivity index (χ0v) is 14.9. The van der Waals surface area contributed by atoms with Crippen LogP contribution in [0.15, 0.2) is 30.3 Å². The van der Waals surface area contributed by atoms with E-state index in [1.807, 2.05) is 58.0 Å². The summed E-state index contributed by atoms with van der Waals surface area (Å²) in [6.45, 7) is 9.62. The molecule has 0 unspecified atom stereocenters. The molecule has 1 fully saturated rings. The van der Waals surface area contributed by atoms with Gasteiger partial charge in [-0.05, 0) is 39.3 Å². The van der Waals surface area contributed by atoms with Gasteiger partial charge in [-0.25, -0.2) is 4.79 Å². The van der Waals surface area contributed by atoms with Crippen molar-refractivity contribution in [3.63, 3.8) is 0 Å². The molecule has 0 aliphatic carbocycles. The van der Waals surface area contributed by atoms with Gasteiger partial charge in [0.25, 0.3) is 0 Å². The average Bonchev–Trinajstić information content (AvgIpc) is 2.52. The summed E-state index contributed by atoms with van der Waals surface area (Å²) in [6, 6.07) is 8.01. The van der Waals surface area contributed by atoms with E-state index in [1.54, 1.807) is 15.9 Å². The van der Waals surface area contributed by atoms with Crippen molar-refractivity contribution in [2.75, 3.05) is 26.2 Å². The molecule has 1 aliphatic rings. The van der Waals surface area contributed by atoms with Crippen LogP contribution in [0.25, 0.3) is 6.08 Å². The van der Waals surface area contributed by atoms with Crippen molar-refractivity contribution in [1.29, 1.82) is 0 Å². The van der Waals surface area contributed by atoms with Gasteiger partial charge in [-0.1, -0.05) is 29.8 Å². The van der Waals surface area contributed by atoms with Gasteiger partial charge in [-0.3, -0.25) is 4.79 Å². The number of carbonyl (C=O) groups excluding carboxylic acids is 2. The highest BCUT2D eigenvalue weighted by Gasteiger charge is 2.26. The molecule has 1 heterocycles. The first-order valence-electron chi connectivity index (χ1n) is 8.26. The third-order valence-corrected chi connectivity index (χ3v) is 3.74. The first-order chi connectivity index (χ1) is 11.2. The fraction of sp³-hybridized carbons (Fsp3) is 0.474. The van der Waals surface area contributed by atoms with Gasteiger partial charge in [0.1, 0.15) is 5.60 Å². The molecule has 1 aromatic rings. The summed E-state index contributed by atoms with van der Waals surface area (Å²) in [5.41, 5.74) is 1.69. The summed E-state index contributed by atoms with van der Waals surface area (Å²) in [7, 11) is 0. The van der Waals surface area contributed by atoms with Gasteiger partial charge in [0.05, 0.1) is 0 Å². The lowest BCUT2D eigenvalue weighted by Crippen LogP contribution is -2.51. The Balaban J connectivity index is 1.84. The minimum Gasteiger partial charge on any atom is -0.444 e. The molecule has 1 aromatic carbocycles. The molecular formula is C19H26N2O3. The van der Waals surface area contributed by atoms with Gasteiger partial charge < -0.3 is 14.5 Å². The maximum atomic E-state index is 12.2. The second-order valence-corrected chi connectivity index (χ2v) is 7.04. The van der Waals surface area contributed by atoms with Gasteiger partial charge in [-0.15, -0.1) is 0 Å². The topological polar surface area (TPSA) is 49.9 Å². The van der Waals surface area contributed by atoms with E-state index in [0.717, 1.165) is 5.56 Å². The van der Waals surface area contributed by atoms with Gasteiger partial charge in [0.15, 0.2) is 0 Å². The molecule has 0 bridgehead atoms. The Kier molecular flexibility index (Phi) is 5.65. The molecule has 1 saturated heterocycles. The van der Waals surface area contributed by atoms with Crippen LogP contribution in [0.3, 0.4) is 0 Å². The molecule has 0 saturated carbocycles. The van der Waals surface area contributed by atoms with Gasteiger partial charge >= 0.3 is 6.09 Å². The van der Waals surface area contributed by atoms with Crippen molar-refractivity contribution in [3.05, 3.63) is 41.5 Å². The van der Waals surface area contributed by atoms with Crippen LogP contribution in [0.2, 0.25) is 0 Å². The summed E-state index contributed by atoms with van der Waals surface area (Å²) in [5.74, 6) is -0.0283. The van der Waals surface area contributed by atoms with E-state index in [-0.39, 0.29) is 12.0 Å². The molecule has 130 valence electrons. The van der Waals surface area contributed by atoms with Crippen LogP contribution >= 0.6 is 0 Å². The zero-order chi connectivity index (χ0) is 17.7. The second-order valence-electron chi connectivity index (χ2n) is 7.04. The smallest absolute Gasteiger partial charge is 0.410 e. The maximum Gasteiger partial charge on any atom is 0.410 e. The number of ether oxygens (including phenoxy) is 1. The Morgan fingerprint density at radius 1 is 1.00 bits per heavy atom. The lowest BCUT2D eigenvalue weighted by Gasteiger charge is -2.35. The number of carbonyl (C=O) groups is 2. The number of aryl methyl sites for hydroxylation is 1. The van der Waals surface area contributed by atoms with Crippen LogP contribution in [-0.4, -0.2) is 53.6 Å². The number of nitrogens with zero attached hydrogens (tertiary/aromatic N) is 2. The minimum atomic E-state index is -0.499. The standard InChI is InChI=1S/C19H26N2O3/c1-15-5-7-16(8-6-15)9-10-17(22)20-11-13-21(14-12-20)18(23)24-19(2,3)4/h5-10H,11-14H2,1-4H3/b10-9+. The highest BCUT2D eigenvalue weighted by Crippen LogP contribution is 2.12. The molecule has 2 rings (SSSR count). The van der Waals surface area contributed by atoms with Gasteiger partial charge in [-0.2, -0.15) is 0 Å². The molecule has 0 atom stereocenters. The Labute approximate surface area is 143 Å². The largest absolute Gasteiger partial charge is 0.444 e. The Bertz CT molecular complexity index is 606. The van der Waals surface area contributed by atoms with Crippen LogP contribution in [0.4, 0.5) is 4.79 Å². The summed E-state index contributed by atoms with van der Waals surface area (Å²) >= 11 is 0. The maximum absolute atomic E-state index is 12.2. The van der Waals surface area contributed by atoms with Crippen LogP contribution in [0, 0.1) is 6.92 Å². The predicted molar refractivity (Wildman–Crippen MR) is 94.6 cm³/mol. The van der Waals surface area contributed by atoms with Crippen molar-refractivity contribution in [2.24, 2.45) is 0 Å². The molecule has 5 nitrogen and oxygen atoms in total. The summed E-state index contributed by atoms with van der Waals surface area (Å²) in [6.07, 6.45) is 3.10. The normalized spacial score (nSPS) is 15.7. The van der Waals surface area contributed by atoms with E-state index in [0.29, 0.717) is 26.2 Å². The number of benzene rings is 1. The molecule has 2 amide bonds. The third kappa shape index (κ3) is 5.41. The predicted octanol–water partition coefficient (Wildman–Crippen LogP) is 3.09. The van der Waals surface area contributed by atoms with Crippen molar-refractivity contribution in [1.82, 2.24) is 9.80 Å². The Morgan fingerprint density at radius 2 is 1.54 bits per heavy atom. The number of piperazine rings is 1. The first kappa shape index (κ1) is 18.0. The van der Waals surface area contributed by atoms with Crippen LogP contribution in [0.1, 0.15) is 31.9 Å². The monoisotopic (exact) mass is 330 g/mol. The van der Waals surface area contributed by atoms with E-state index in [2.05, 4.69) is 0 Å². The first-order valence-corrected chi connectivity index (χ1v) is 8.26. The number of hydrogen-bond donors (Lipinski definition) is 0. The second kappa shape index (κ2) is 7.51. The van der Waals surface area contributed by atoms with Crippen LogP contribution in [0.5, 0.6) is 0 Å².